The van der Waals surface area contributed by atoms with Gasteiger partial charge in [0.25, 0.3) is 0 Å². The molecule has 1 nitrogen and oxygen atoms in total. The van der Waals surface area contributed by atoms with Crippen molar-refractivity contribution in [3.05, 3.63) is 194 Å². The lowest BCUT2D eigenvalue weighted by molar-refractivity contribution is 0.669. The third-order valence-corrected chi connectivity index (χ3v) is 11.0. The van der Waals surface area contributed by atoms with Crippen molar-refractivity contribution in [2.75, 3.05) is 0 Å². The number of hydrogen-bond donors (Lipinski definition) is 0. The van der Waals surface area contributed by atoms with Crippen LogP contribution in [0, 0.1) is 0 Å². The first kappa shape index (κ1) is 29.7. The molecule has 0 aliphatic heterocycles. The van der Waals surface area contributed by atoms with Crippen molar-refractivity contribution in [1.29, 1.82) is 0 Å². The molecule has 0 saturated carbocycles. The lowest BCUT2D eigenvalue weighted by Crippen LogP contribution is -1.91. The molecule has 0 spiro atoms. The predicted molar refractivity (Wildman–Crippen MR) is 225 cm³/mol. The van der Waals surface area contributed by atoms with Gasteiger partial charge >= 0.3 is 0 Å². The molecule has 11 rings (SSSR count). The quantitative estimate of drug-likeness (QED) is 0.170. The third kappa shape index (κ3) is 4.71. The van der Waals surface area contributed by atoms with Crippen LogP contribution in [-0.2, 0) is 0 Å². The fourth-order valence-corrected chi connectivity index (χ4v) is 8.63. The molecule has 0 aliphatic carbocycles. The van der Waals surface area contributed by atoms with Crippen molar-refractivity contribution in [1.82, 2.24) is 0 Å². The van der Waals surface area contributed by atoms with Crippen LogP contribution in [-0.4, -0.2) is 0 Å². The van der Waals surface area contributed by atoms with Crippen LogP contribution in [0.25, 0.3) is 110 Å². The molecular formula is C52H32O. The zero-order valence-corrected chi connectivity index (χ0v) is 28.9. The lowest BCUT2D eigenvalue weighted by Gasteiger charge is -2.18. The minimum absolute atomic E-state index is 0.914. The van der Waals surface area contributed by atoms with E-state index in [0.717, 1.165) is 16.6 Å². The summed E-state index contributed by atoms with van der Waals surface area (Å²) in [6, 6.07) is 70.6. The summed E-state index contributed by atoms with van der Waals surface area (Å²) in [6.45, 7) is 0. The van der Waals surface area contributed by atoms with E-state index in [1.54, 1.807) is 0 Å². The lowest BCUT2D eigenvalue weighted by atomic mass is 9.85. The van der Waals surface area contributed by atoms with Crippen molar-refractivity contribution in [3.8, 4) is 44.5 Å². The number of furan rings is 1. The molecule has 0 aliphatic rings. The second-order valence-electron chi connectivity index (χ2n) is 14.0. The Labute approximate surface area is 307 Å². The Morgan fingerprint density at radius 2 is 0.774 bits per heavy atom. The Morgan fingerprint density at radius 3 is 1.49 bits per heavy atom. The monoisotopic (exact) mass is 672 g/mol. The van der Waals surface area contributed by atoms with Crippen molar-refractivity contribution in [3.63, 3.8) is 0 Å². The zero-order chi connectivity index (χ0) is 34.9. The molecule has 53 heavy (non-hydrogen) atoms. The van der Waals surface area contributed by atoms with Crippen molar-refractivity contribution < 1.29 is 4.42 Å². The van der Waals surface area contributed by atoms with Crippen molar-refractivity contribution >= 4 is 65.0 Å². The molecule has 0 bridgehead atoms. The maximum atomic E-state index is 6.30. The summed E-state index contributed by atoms with van der Waals surface area (Å²) in [4.78, 5) is 0. The number of fused-ring (bicyclic) bond motifs is 8. The van der Waals surface area contributed by atoms with Gasteiger partial charge in [-0.2, -0.15) is 0 Å². The Kier molecular flexibility index (Phi) is 6.62. The largest absolute Gasteiger partial charge is 0.456 e. The molecule has 1 heterocycles. The average Bonchev–Trinajstić information content (AvgIpc) is 3.61. The summed E-state index contributed by atoms with van der Waals surface area (Å²) >= 11 is 0. The summed E-state index contributed by atoms with van der Waals surface area (Å²) in [7, 11) is 0. The molecule has 10 aromatic carbocycles. The van der Waals surface area contributed by atoms with Crippen LogP contribution in [0.2, 0.25) is 0 Å². The topological polar surface area (TPSA) is 13.1 Å². The van der Waals surface area contributed by atoms with Gasteiger partial charge in [-0.1, -0.05) is 170 Å². The summed E-state index contributed by atoms with van der Waals surface area (Å²) in [5.74, 6) is 0. The van der Waals surface area contributed by atoms with Gasteiger partial charge in [0.15, 0.2) is 0 Å². The summed E-state index contributed by atoms with van der Waals surface area (Å²) in [6.07, 6.45) is 0. The molecule has 0 atom stereocenters. The second kappa shape index (κ2) is 11.8. The normalized spacial score (nSPS) is 11.8. The Hall–Kier alpha value is -6.96. The van der Waals surface area contributed by atoms with Crippen molar-refractivity contribution in [2.24, 2.45) is 0 Å². The van der Waals surface area contributed by atoms with Crippen LogP contribution in [0.4, 0.5) is 0 Å². The van der Waals surface area contributed by atoms with Gasteiger partial charge in [-0.15, -0.1) is 0 Å². The van der Waals surface area contributed by atoms with Gasteiger partial charge in [0.2, 0.25) is 0 Å². The van der Waals surface area contributed by atoms with Crippen molar-refractivity contribution in [2.45, 2.75) is 0 Å². The molecule has 0 N–H and O–H groups in total. The number of benzene rings is 10. The van der Waals surface area contributed by atoms with E-state index in [2.05, 4.69) is 194 Å². The van der Waals surface area contributed by atoms with Gasteiger partial charge in [-0.05, 0) is 112 Å². The molecule has 0 radical (unpaired) electrons. The minimum atomic E-state index is 0.914. The maximum Gasteiger partial charge on any atom is 0.136 e. The highest BCUT2D eigenvalue weighted by atomic mass is 16.3. The Morgan fingerprint density at radius 1 is 0.264 bits per heavy atom. The van der Waals surface area contributed by atoms with Gasteiger partial charge in [-0.25, -0.2) is 0 Å². The summed E-state index contributed by atoms with van der Waals surface area (Å²) in [5.41, 5.74) is 11.6. The molecule has 0 saturated heterocycles. The van der Waals surface area contributed by atoms with Gasteiger partial charge in [0.05, 0.1) is 0 Å². The minimum Gasteiger partial charge on any atom is -0.456 e. The molecule has 1 aromatic heterocycles. The average molecular weight is 673 g/mol. The molecule has 1 heteroatoms. The first-order valence-corrected chi connectivity index (χ1v) is 18.3. The highest BCUT2D eigenvalue weighted by Crippen LogP contribution is 2.45. The zero-order valence-electron chi connectivity index (χ0n) is 28.9. The Bertz CT molecular complexity index is 3150. The summed E-state index contributed by atoms with van der Waals surface area (Å²) in [5, 5.41) is 12.3. The van der Waals surface area contributed by atoms with E-state index >= 15 is 0 Å². The van der Waals surface area contributed by atoms with Crippen LogP contribution < -0.4 is 0 Å². The number of hydrogen-bond acceptors (Lipinski definition) is 1. The van der Waals surface area contributed by atoms with Gasteiger partial charge in [0.1, 0.15) is 11.2 Å². The first-order valence-electron chi connectivity index (χ1n) is 18.3. The van der Waals surface area contributed by atoms with E-state index in [9.17, 15) is 0 Å². The van der Waals surface area contributed by atoms with E-state index in [0.29, 0.717) is 0 Å². The highest BCUT2D eigenvalue weighted by Gasteiger charge is 2.18. The van der Waals surface area contributed by atoms with Crippen LogP contribution >= 0.6 is 0 Å². The van der Waals surface area contributed by atoms with Crippen LogP contribution in [0.3, 0.4) is 0 Å². The second-order valence-corrected chi connectivity index (χ2v) is 14.0. The fourth-order valence-electron chi connectivity index (χ4n) is 8.63. The molecular weight excluding hydrogens is 641 g/mol. The molecule has 0 amide bonds. The third-order valence-electron chi connectivity index (χ3n) is 11.0. The van der Waals surface area contributed by atoms with E-state index < -0.39 is 0 Å². The first-order chi connectivity index (χ1) is 26.3. The molecule has 246 valence electrons. The SMILES string of the molecule is c1cc(-c2cccc3ccccc23)cc(-c2c3ccccc3c(-c3ccc(-c4ccc5oc6ccc7ccccc7c6c5c4)cc3)c3ccccc23)c1. The molecule has 11 aromatic rings. The van der Waals surface area contributed by atoms with E-state index in [1.807, 2.05) is 0 Å². The predicted octanol–water partition coefficient (Wildman–Crippen LogP) is 14.9. The smallest absolute Gasteiger partial charge is 0.136 e. The van der Waals surface area contributed by atoms with Gasteiger partial charge < -0.3 is 4.42 Å². The van der Waals surface area contributed by atoms with Gasteiger partial charge in [0, 0.05) is 10.8 Å². The van der Waals surface area contributed by atoms with E-state index in [-0.39, 0.29) is 0 Å². The van der Waals surface area contributed by atoms with E-state index in [4.69, 9.17) is 4.42 Å². The van der Waals surface area contributed by atoms with E-state index in [1.165, 1.54) is 93.0 Å². The van der Waals surface area contributed by atoms with Gasteiger partial charge in [-0.3, -0.25) is 0 Å². The molecule has 0 fully saturated rings. The standard InChI is InChI=1S/C52H32O/c1-3-16-40-34(11-1)13-10-22-41(40)38-14-9-15-39(31-38)51-45-20-7-5-18-43(45)50(44-19-6-8-21-46(44)51)36-25-23-33(24-26-36)37-28-29-48-47(32-37)52-42-17-4-2-12-35(42)27-30-49(52)53-48/h1-32H. The Balaban J connectivity index is 1.06. The fraction of sp³-hybridized carbons (Fsp3) is 0. The van der Waals surface area contributed by atoms with Crippen LogP contribution in [0.15, 0.2) is 199 Å². The van der Waals surface area contributed by atoms with Crippen LogP contribution in [0.1, 0.15) is 0 Å². The summed E-state index contributed by atoms with van der Waals surface area (Å²) < 4.78 is 6.30. The molecule has 0 unspecified atom stereocenters. The maximum absolute atomic E-state index is 6.30. The highest BCUT2D eigenvalue weighted by molar-refractivity contribution is 6.22. The van der Waals surface area contributed by atoms with Crippen LogP contribution in [0.5, 0.6) is 0 Å². The number of rotatable bonds is 4.